The van der Waals surface area contributed by atoms with Crippen molar-refractivity contribution in [3.05, 3.63) is 112 Å². The molecule has 1 amide bonds. The zero-order valence-electron chi connectivity index (χ0n) is 18.7. The summed E-state index contributed by atoms with van der Waals surface area (Å²) in [7, 11) is 0. The molecule has 174 valence electrons. The summed E-state index contributed by atoms with van der Waals surface area (Å²) in [5.74, 6) is -0.204. The molecule has 0 saturated heterocycles. The minimum Gasteiger partial charge on any atom is -0.507 e. The Kier molecular flexibility index (Phi) is 5.06. The molecule has 4 aromatic rings. The first-order chi connectivity index (χ1) is 17.0. The summed E-state index contributed by atoms with van der Waals surface area (Å²) in [6.45, 7) is 0.721. The third-order valence-electron chi connectivity index (χ3n) is 6.83. The average molecular weight is 484 g/mol. The van der Waals surface area contributed by atoms with Gasteiger partial charge in [0.1, 0.15) is 11.5 Å². The molecule has 6 heteroatoms. The number of halogens is 1. The number of phenols is 1. The SMILES string of the molecule is O=C1N(Cc2ccccc2-c2ccccc2)c2cccc(Cl)c2C1(O)c1cc2c(cc1O)OCC2. The van der Waals surface area contributed by atoms with Gasteiger partial charge in [0.2, 0.25) is 5.60 Å². The predicted octanol–water partition coefficient (Wildman–Crippen LogP) is 5.43. The molecule has 6 rings (SSSR count). The number of hydrogen-bond acceptors (Lipinski definition) is 4. The van der Waals surface area contributed by atoms with Gasteiger partial charge in [-0.2, -0.15) is 0 Å². The Morgan fingerprint density at radius 2 is 1.74 bits per heavy atom. The molecule has 2 N–H and O–H groups in total. The molecule has 2 aliphatic rings. The fraction of sp³-hybridized carbons (Fsp3) is 0.138. The van der Waals surface area contributed by atoms with Crippen LogP contribution in [0.5, 0.6) is 11.5 Å². The molecular formula is C29H22ClNO4. The average Bonchev–Trinajstić information content (AvgIpc) is 3.41. The first-order valence-electron chi connectivity index (χ1n) is 11.4. The van der Waals surface area contributed by atoms with Gasteiger partial charge < -0.3 is 19.8 Å². The van der Waals surface area contributed by atoms with E-state index in [9.17, 15) is 15.0 Å². The number of fused-ring (bicyclic) bond motifs is 2. The van der Waals surface area contributed by atoms with Gasteiger partial charge in [-0.15, -0.1) is 0 Å². The van der Waals surface area contributed by atoms with Crippen molar-refractivity contribution in [2.45, 2.75) is 18.6 Å². The lowest BCUT2D eigenvalue weighted by molar-refractivity contribution is -0.132. The number of aromatic hydroxyl groups is 1. The maximum Gasteiger partial charge on any atom is 0.269 e. The number of ether oxygens (including phenoxy) is 1. The number of carbonyl (C=O) groups excluding carboxylic acids is 1. The first kappa shape index (κ1) is 21.7. The van der Waals surface area contributed by atoms with Crippen LogP contribution in [-0.2, 0) is 23.4 Å². The molecule has 4 aromatic carbocycles. The summed E-state index contributed by atoms with van der Waals surface area (Å²) in [5.41, 5.74) is 2.57. The van der Waals surface area contributed by atoms with Gasteiger partial charge in [-0.05, 0) is 40.5 Å². The molecular weight excluding hydrogens is 462 g/mol. The second-order valence-electron chi connectivity index (χ2n) is 8.83. The zero-order chi connectivity index (χ0) is 24.2. The van der Waals surface area contributed by atoms with Crippen LogP contribution in [0.15, 0.2) is 84.9 Å². The molecule has 0 aromatic heterocycles. The molecule has 0 saturated carbocycles. The predicted molar refractivity (Wildman–Crippen MR) is 135 cm³/mol. The molecule has 0 fully saturated rings. The summed E-state index contributed by atoms with van der Waals surface area (Å²) in [6, 6.07) is 26.1. The number of aliphatic hydroxyl groups is 1. The van der Waals surface area contributed by atoms with Crippen LogP contribution in [0.1, 0.15) is 22.3 Å². The number of carbonyl (C=O) groups is 1. The fourth-order valence-corrected chi connectivity index (χ4v) is 5.45. The van der Waals surface area contributed by atoms with Crippen LogP contribution in [0.4, 0.5) is 5.69 Å². The summed E-state index contributed by atoms with van der Waals surface area (Å²) >= 11 is 6.59. The largest absolute Gasteiger partial charge is 0.507 e. The van der Waals surface area contributed by atoms with E-state index in [4.69, 9.17) is 16.3 Å². The topological polar surface area (TPSA) is 70.0 Å². The van der Waals surface area contributed by atoms with Crippen LogP contribution >= 0.6 is 11.6 Å². The van der Waals surface area contributed by atoms with Crippen LogP contribution in [0.2, 0.25) is 5.02 Å². The molecule has 1 unspecified atom stereocenters. The molecule has 5 nitrogen and oxygen atoms in total. The van der Waals surface area contributed by atoms with Crippen molar-refractivity contribution in [2.75, 3.05) is 11.5 Å². The number of nitrogens with zero attached hydrogens (tertiary/aromatic N) is 1. The summed E-state index contributed by atoms with van der Waals surface area (Å²) in [6.07, 6.45) is 0.635. The van der Waals surface area contributed by atoms with E-state index in [-0.39, 0.29) is 28.4 Å². The van der Waals surface area contributed by atoms with Crippen LogP contribution in [0, 0.1) is 0 Å². The second-order valence-corrected chi connectivity index (χ2v) is 9.24. The number of phenolic OH excluding ortho intramolecular Hbond substituents is 1. The summed E-state index contributed by atoms with van der Waals surface area (Å²) < 4.78 is 5.54. The molecule has 0 aliphatic carbocycles. The number of benzene rings is 4. The van der Waals surface area contributed by atoms with Gasteiger partial charge in [0.15, 0.2) is 0 Å². The van der Waals surface area contributed by atoms with Gasteiger partial charge in [-0.1, -0.05) is 72.3 Å². The van der Waals surface area contributed by atoms with E-state index in [1.54, 1.807) is 29.2 Å². The van der Waals surface area contributed by atoms with Gasteiger partial charge in [0.05, 0.1) is 18.8 Å². The highest BCUT2D eigenvalue weighted by atomic mass is 35.5. The monoisotopic (exact) mass is 483 g/mol. The van der Waals surface area contributed by atoms with Crippen molar-refractivity contribution in [1.29, 1.82) is 0 Å². The number of anilines is 1. The number of hydrogen-bond donors (Lipinski definition) is 2. The highest BCUT2D eigenvalue weighted by Gasteiger charge is 2.54. The zero-order valence-corrected chi connectivity index (χ0v) is 19.5. The van der Waals surface area contributed by atoms with E-state index >= 15 is 0 Å². The first-order valence-corrected chi connectivity index (χ1v) is 11.8. The molecule has 1 atom stereocenters. The van der Waals surface area contributed by atoms with E-state index in [2.05, 4.69) is 0 Å². The van der Waals surface area contributed by atoms with Crippen molar-refractivity contribution in [2.24, 2.45) is 0 Å². The molecule has 0 bridgehead atoms. The van der Waals surface area contributed by atoms with Crippen molar-refractivity contribution >= 4 is 23.2 Å². The summed E-state index contributed by atoms with van der Waals surface area (Å²) in [4.78, 5) is 15.6. The van der Waals surface area contributed by atoms with Crippen molar-refractivity contribution in [1.82, 2.24) is 0 Å². The third kappa shape index (κ3) is 3.31. The Morgan fingerprint density at radius 1 is 0.971 bits per heavy atom. The Hall–Kier alpha value is -3.80. The number of amides is 1. The van der Waals surface area contributed by atoms with Crippen LogP contribution in [0.25, 0.3) is 11.1 Å². The Balaban J connectivity index is 1.49. The fourth-order valence-electron chi connectivity index (χ4n) is 5.15. The minimum atomic E-state index is -2.13. The Bertz CT molecular complexity index is 1470. The van der Waals surface area contributed by atoms with Gasteiger partial charge in [0.25, 0.3) is 5.91 Å². The molecule has 2 aliphatic heterocycles. The van der Waals surface area contributed by atoms with Crippen molar-refractivity contribution in [3.63, 3.8) is 0 Å². The normalized spacial score (nSPS) is 18.3. The lowest BCUT2D eigenvalue weighted by Gasteiger charge is -2.26. The molecule has 0 spiro atoms. The van der Waals surface area contributed by atoms with Crippen LogP contribution < -0.4 is 9.64 Å². The van der Waals surface area contributed by atoms with Gasteiger partial charge in [-0.25, -0.2) is 0 Å². The molecule has 0 radical (unpaired) electrons. The standard InChI is InChI=1S/C29H22ClNO4/c30-23-11-6-12-24-27(23)29(34,22-15-19-13-14-35-26(19)16-25(22)32)28(33)31(24)17-20-9-4-5-10-21(20)18-7-2-1-3-8-18/h1-12,15-16,32,34H,13-14,17H2. The van der Waals surface area contributed by atoms with Gasteiger partial charge >= 0.3 is 0 Å². The highest BCUT2D eigenvalue weighted by Crippen LogP contribution is 2.51. The van der Waals surface area contributed by atoms with Crippen LogP contribution in [-0.4, -0.2) is 22.7 Å². The van der Waals surface area contributed by atoms with Crippen molar-refractivity contribution < 1.29 is 19.7 Å². The molecule has 2 heterocycles. The third-order valence-corrected chi connectivity index (χ3v) is 7.14. The maximum absolute atomic E-state index is 14.0. The maximum atomic E-state index is 14.0. The Morgan fingerprint density at radius 3 is 2.57 bits per heavy atom. The number of rotatable bonds is 4. The van der Waals surface area contributed by atoms with Crippen LogP contribution in [0.3, 0.4) is 0 Å². The van der Waals surface area contributed by atoms with Gasteiger partial charge in [-0.3, -0.25) is 4.79 Å². The molecule has 35 heavy (non-hydrogen) atoms. The lowest BCUT2D eigenvalue weighted by Crippen LogP contribution is -2.41. The van der Waals surface area contributed by atoms with E-state index in [0.717, 1.165) is 22.3 Å². The second kappa shape index (κ2) is 8.15. The van der Waals surface area contributed by atoms with E-state index in [0.29, 0.717) is 24.5 Å². The quantitative estimate of drug-likeness (QED) is 0.406. The lowest BCUT2D eigenvalue weighted by atomic mass is 9.85. The van der Waals surface area contributed by atoms with E-state index in [1.165, 1.54) is 6.07 Å². The smallest absolute Gasteiger partial charge is 0.269 e. The van der Waals surface area contributed by atoms with E-state index < -0.39 is 11.5 Å². The van der Waals surface area contributed by atoms with Gasteiger partial charge in [0, 0.05) is 28.6 Å². The Labute approximate surface area is 207 Å². The van der Waals surface area contributed by atoms with E-state index in [1.807, 2.05) is 54.6 Å². The van der Waals surface area contributed by atoms with Crippen molar-refractivity contribution in [3.8, 4) is 22.6 Å². The minimum absolute atomic E-state index is 0.111. The summed E-state index contributed by atoms with van der Waals surface area (Å²) in [5, 5.41) is 23.1. The highest BCUT2D eigenvalue weighted by molar-refractivity contribution is 6.33.